The third kappa shape index (κ3) is 4.00. The molecule has 1 amide bonds. The summed E-state index contributed by atoms with van der Waals surface area (Å²) in [4.78, 5) is 21.7. The lowest BCUT2D eigenvalue weighted by Crippen LogP contribution is -2.29. The summed E-state index contributed by atoms with van der Waals surface area (Å²) >= 11 is 0. The van der Waals surface area contributed by atoms with Gasteiger partial charge >= 0.3 is 5.97 Å². The van der Waals surface area contributed by atoms with Crippen LogP contribution in [-0.2, 0) is 14.3 Å². The van der Waals surface area contributed by atoms with Gasteiger partial charge in [0.2, 0.25) is 0 Å². The lowest BCUT2D eigenvalue weighted by atomic mass is 10.3. The van der Waals surface area contributed by atoms with Crippen molar-refractivity contribution in [3.8, 4) is 5.75 Å². The Morgan fingerprint density at radius 3 is 2.50 bits per heavy atom. The molecule has 5 nitrogen and oxygen atoms in total. The quantitative estimate of drug-likeness (QED) is 0.736. The zero-order valence-corrected chi connectivity index (χ0v) is 8.88. The highest BCUT2D eigenvalue weighted by atomic mass is 16.6. The Balaban J connectivity index is 2.43. The Bertz CT molecular complexity index is 364. The van der Waals surface area contributed by atoms with Gasteiger partial charge in [-0.05, 0) is 19.1 Å². The van der Waals surface area contributed by atoms with Gasteiger partial charge in [0.15, 0.2) is 12.7 Å². The van der Waals surface area contributed by atoms with Gasteiger partial charge in [0, 0.05) is 0 Å². The van der Waals surface area contributed by atoms with Crippen molar-refractivity contribution in [1.29, 1.82) is 0 Å². The number of hydrogen-bond acceptors (Lipinski definition) is 4. The van der Waals surface area contributed by atoms with Crippen LogP contribution in [0.25, 0.3) is 0 Å². The van der Waals surface area contributed by atoms with Crippen molar-refractivity contribution in [2.24, 2.45) is 5.73 Å². The number of primary amides is 1. The number of benzene rings is 1. The van der Waals surface area contributed by atoms with Crippen molar-refractivity contribution in [3.63, 3.8) is 0 Å². The first-order chi connectivity index (χ1) is 7.59. The summed E-state index contributed by atoms with van der Waals surface area (Å²) in [6, 6.07) is 8.85. The minimum absolute atomic E-state index is 0.429. The molecule has 1 aromatic rings. The lowest BCUT2D eigenvalue weighted by Gasteiger charge is -2.12. The molecule has 86 valence electrons. The maximum absolute atomic E-state index is 11.3. The van der Waals surface area contributed by atoms with E-state index in [0.717, 1.165) is 0 Å². The first-order valence-corrected chi connectivity index (χ1v) is 4.76. The number of nitrogens with two attached hydrogens (primary N) is 1. The smallest absolute Gasteiger partial charge is 0.347 e. The molecule has 0 bridgehead atoms. The topological polar surface area (TPSA) is 78.6 Å². The van der Waals surface area contributed by atoms with E-state index in [-0.39, 0.29) is 0 Å². The van der Waals surface area contributed by atoms with Crippen LogP contribution in [0, 0.1) is 0 Å². The number of para-hydroxylation sites is 1. The summed E-state index contributed by atoms with van der Waals surface area (Å²) in [5.41, 5.74) is 4.84. The minimum atomic E-state index is -0.776. The fourth-order valence-electron chi connectivity index (χ4n) is 1.01. The number of ether oxygens (including phenoxy) is 2. The standard InChI is InChI=1S/C11H13NO4/c1-8(11(14)15-7-10(12)13)16-9-5-3-2-4-6-9/h2-6,8H,7H2,1H3,(H2,12,13)/t8-/m0/s1. The van der Waals surface area contributed by atoms with Gasteiger partial charge in [0.1, 0.15) is 5.75 Å². The van der Waals surface area contributed by atoms with Crippen LogP contribution in [0.4, 0.5) is 0 Å². The van der Waals surface area contributed by atoms with Crippen LogP contribution in [-0.4, -0.2) is 24.6 Å². The summed E-state index contributed by atoms with van der Waals surface area (Å²) in [6.07, 6.45) is -0.776. The van der Waals surface area contributed by atoms with Crippen LogP contribution < -0.4 is 10.5 Å². The molecule has 0 aliphatic rings. The fraction of sp³-hybridized carbons (Fsp3) is 0.273. The van der Waals surface area contributed by atoms with E-state index < -0.39 is 24.6 Å². The molecule has 5 heteroatoms. The maximum atomic E-state index is 11.3. The summed E-state index contributed by atoms with van der Waals surface area (Å²) < 4.78 is 9.88. The van der Waals surface area contributed by atoms with E-state index in [4.69, 9.17) is 10.5 Å². The second-order valence-electron chi connectivity index (χ2n) is 3.15. The van der Waals surface area contributed by atoms with Crippen molar-refractivity contribution in [2.75, 3.05) is 6.61 Å². The highest BCUT2D eigenvalue weighted by Crippen LogP contribution is 2.11. The first kappa shape index (κ1) is 12.0. The summed E-state index contributed by atoms with van der Waals surface area (Å²) in [5.74, 6) is -0.756. The van der Waals surface area contributed by atoms with Crippen molar-refractivity contribution < 1.29 is 19.1 Å². The van der Waals surface area contributed by atoms with Crippen LogP contribution in [0.5, 0.6) is 5.75 Å². The van der Waals surface area contributed by atoms with E-state index in [2.05, 4.69) is 4.74 Å². The number of rotatable bonds is 5. The number of carbonyl (C=O) groups is 2. The second kappa shape index (κ2) is 5.75. The molecule has 1 aromatic carbocycles. The van der Waals surface area contributed by atoms with Gasteiger partial charge in [-0.15, -0.1) is 0 Å². The van der Waals surface area contributed by atoms with E-state index >= 15 is 0 Å². The fourth-order valence-corrected chi connectivity index (χ4v) is 1.01. The van der Waals surface area contributed by atoms with Crippen molar-refractivity contribution >= 4 is 11.9 Å². The molecule has 0 radical (unpaired) electrons. The molecule has 0 heterocycles. The van der Waals surface area contributed by atoms with Gasteiger partial charge in [-0.3, -0.25) is 4.79 Å². The highest BCUT2D eigenvalue weighted by Gasteiger charge is 2.16. The van der Waals surface area contributed by atoms with E-state index in [1.165, 1.54) is 6.92 Å². The van der Waals surface area contributed by atoms with Crippen LogP contribution in [0.1, 0.15) is 6.92 Å². The van der Waals surface area contributed by atoms with Crippen LogP contribution in [0.2, 0.25) is 0 Å². The van der Waals surface area contributed by atoms with Gasteiger partial charge in [-0.1, -0.05) is 18.2 Å². The SMILES string of the molecule is C[C@H](Oc1ccccc1)C(=O)OCC(N)=O. The molecule has 0 unspecified atom stereocenters. The number of amides is 1. The lowest BCUT2D eigenvalue weighted by molar-refractivity contribution is -0.154. The molecule has 2 N–H and O–H groups in total. The van der Waals surface area contributed by atoms with E-state index in [9.17, 15) is 9.59 Å². The predicted molar refractivity (Wildman–Crippen MR) is 56.7 cm³/mol. The van der Waals surface area contributed by atoms with E-state index in [0.29, 0.717) is 5.75 Å². The molecule has 0 aromatic heterocycles. The molecule has 1 rings (SSSR count). The number of hydrogen-bond donors (Lipinski definition) is 1. The van der Waals surface area contributed by atoms with Gasteiger partial charge in [-0.25, -0.2) is 4.79 Å². The van der Waals surface area contributed by atoms with Gasteiger partial charge in [0.05, 0.1) is 0 Å². The Hall–Kier alpha value is -2.04. The average molecular weight is 223 g/mol. The van der Waals surface area contributed by atoms with Gasteiger partial charge < -0.3 is 15.2 Å². The predicted octanol–water partition coefficient (Wildman–Crippen LogP) is 0.482. The van der Waals surface area contributed by atoms with Crippen LogP contribution >= 0.6 is 0 Å². The molecule has 0 aliphatic heterocycles. The highest BCUT2D eigenvalue weighted by molar-refractivity contribution is 5.80. The summed E-state index contributed by atoms with van der Waals surface area (Å²) in [5, 5.41) is 0. The largest absolute Gasteiger partial charge is 0.479 e. The molecular weight excluding hydrogens is 210 g/mol. The van der Waals surface area contributed by atoms with Crippen LogP contribution in [0.15, 0.2) is 30.3 Å². The Morgan fingerprint density at radius 2 is 1.94 bits per heavy atom. The molecule has 0 aliphatic carbocycles. The van der Waals surface area contributed by atoms with Crippen LogP contribution in [0.3, 0.4) is 0 Å². The third-order valence-electron chi connectivity index (χ3n) is 1.74. The van der Waals surface area contributed by atoms with Crippen molar-refractivity contribution in [3.05, 3.63) is 30.3 Å². The average Bonchev–Trinajstić information content (AvgIpc) is 2.27. The third-order valence-corrected chi connectivity index (χ3v) is 1.74. The molecule has 0 fully saturated rings. The maximum Gasteiger partial charge on any atom is 0.347 e. The Kier molecular flexibility index (Phi) is 4.32. The van der Waals surface area contributed by atoms with E-state index in [1.807, 2.05) is 6.07 Å². The normalized spacial score (nSPS) is 11.6. The number of esters is 1. The minimum Gasteiger partial charge on any atom is -0.479 e. The Labute approximate surface area is 93.1 Å². The zero-order chi connectivity index (χ0) is 12.0. The number of carbonyl (C=O) groups excluding carboxylic acids is 2. The molecule has 0 spiro atoms. The monoisotopic (exact) mass is 223 g/mol. The Morgan fingerprint density at radius 1 is 1.31 bits per heavy atom. The molecule has 1 atom stereocenters. The zero-order valence-electron chi connectivity index (χ0n) is 8.88. The first-order valence-electron chi connectivity index (χ1n) is 4.76. The molecular formula is C11H13NO4. The van der Waals surface area contributed by atoms with Crippen molar-refractivity contribution in [2.45, 2.75) is 13.0 Å². The second-order valence-corrected chi connectivity index (χ2v) is 3.15. The van der Waals surface area contributed by atoms with E-state index in [1.54, 1.807) is 24.3 Å². The molecule has 0 saturated carbocycles. The summed E-state index contributed by atoms with van der Waals surface area (Å²) in [6.45, 7) is 1.11. The summed E-state index contributed by atoms with van der Waals surface area (Å²) in [7, 11) is 0. The van der Waals surface area contributed by atoms with Gasteiger partial charge in [-0.2, -0.15) is 0 Å². The van der Waals surface area contributed by atoms with Crippen molar-refractivity contribution in [1.82, 2.24) is 0 Å². The molecule has 16 heavy (non-hydrogen) atoms. The molecule has 0 saturated heterocycles. The van der Waals surface area contributed by atoms with Gasteiger partial charge in [0.25, 0.3) is 5.91 Å².